The predicted octanol–water partition coefficient (Wildman–Crippen LogP) is 3.19. The van der Waals surface area contributed by atoms with Gasteiger partial charge in [-0.05, 0) is 32.1 Å². The van der Waals surface area contributed by atoms with E-state index in [9.17, 15) is 13.6 Å². The Morgan fingerprint density at radius 2 is 2.31 bits per heavy atom. The molecule has 1 saturated heterocycles. The van der Waals surface area contributed by atoms with Gasteiger partial charge in [0, 0.05) is 30.6 Å². The first-order valence-corrected chi connectivity index (χ1v) is 9.75. The summed E-state index contributed by atoms with van der Waals surface area (Å²) in [6, 6.07) is 0.793. The van der Waals surface area contributed by atoms with Crippen molar-refractivity contribution in [3.05, 3.63) is 28.3 Å². The van der Waals surface area contributed by atoms with Crippen molar-refractivity contribution in [3.8, 4) is 0 Å². The van der Waals surface area contributed by atoms with Gasteiger partial charge in [0.25, 0.3) is 12.3 Å². The molecular formula is C17H21F2N5OS. The minimum absolute atomic E-state index is 0.0712. The number of nitrogens with zero attached hydrogens (tertiary/aromatic N) is 4. The summed E-state index contributed by atoms with van der Waals surface area (Å²) < 4.78 is 28.6. The second-order valence-corrected chi connectivity index (χ2v) is 7.75. The van der Waals surface area contributed by atoms with E-state index in [4.69, 9.17) is 0 Å². The second-order valence-electron chi connectivity index (χ2n) is 7.03. The van der Waals surface area contributed by atoms with E-state index < -0.39 is 12.5 Å². The minimum atomic E-state index is -2.46. The normalized spacial score (nSPS) is 25.8. The van der Waals surface area contributed by atoms with Crippen LogP contribution in [0.2, 0.25) is 0 Å². The number of piperidine rings is 1. The molecule has 1 amide bonds. The summed E-state index contributed by atoms with van der Waals surface area (Å²) in [6.45, 7) is 3.06. The van der Waals surface area contributed by atoms with Gasteiger partial charge in [0.1, 0.15) is 17.6 Å². The Balaban J connectivity index is 1.51. The number of thiazole rings is 1. The molecule has 26 heavy (non-hydrogen) atoms. The Labute approximate surface area is 154 Å². The number of hydrogen-bond donors (Lipinski definition) is 1. The summed E-state index contributed by atoms with van der Waals surface area (Å²) in [5, 5.41) is 9.34. The number of carbonyl (C=O) groups excluding carboxylic acids is 1. The van der Waals surface area contributed by atoms with Crippen LogP contribution >= 0.6 is 11.3 Å². The number of anilines is 1. The number of hydrogen-bond acceptors (Lipinski definition) is 5. The Bertz CT molecular complexity index is 778. The van der Waals surface area contributed by atoms with E-state index in [1.807, 2.05) is 6.07 Å². The molecule has 0 spiro atoms. The highest BCUT2D eigenvalue weighted by Crippen LogP contribution is 2.36. The molecule has 0 aliphatic carbocycles. The lowest BCUT2D eigenvalue weighted by atomic mass is 9.86. The number of aryl methyl sites for hydroxylation is 1. The van der Waals surface area contributed by atoms with Gasteiger partial charge < -0.3 is 10.2 Å². The SMILES string of the molecule is Cc1cc2n(n1)[C@@H](C(F)F)C[C@@H](C1CCCN(C(=O)c3cscn3)C1)N2. The number of amides is 1. The van der Waals surface area contributed by atoms with Crippen molar-refractivity contribution in [3.63, 3.8) is 0 Å². The Morgan fingerprint density at radius 3 is 3.04 bits per heavy atom. The fraction of sp³-hybridized carbons (Fsp3) is 0.588. The summed E-state index contributed by atoms with van der Waals surface area (Å²) in [4.78, 5) is 18.5. The van der Waals surface area contributed by atoms with E-state index in [2.05, 4.69) is 15.4 Å². The molecule has 140 valence electrons. The molecule has 0 bridgehead atoms. The zero-order valence-corrected chi connectivity index (χ0v) is 15.3. The highest BCUT2D eigenvalue weighted by atomic mass is 32.1. The molecule has 0 saturated carbocycles. The first-order valence-electron chi connectivity index (χ1n) is 8.81. The van der Waals surface area contributed by atoms with Crippen LogP contribution in [0.15, 0.2) is 17.0 Å². The third-order valence-electron chi connectivity index (χ3n) is 5.26. The van der Waals surface area contributed by atoms with Gasteiger partial charge in [-0.1, -0.05) is 0 Å². The number of alkyl halides is 2. The number of fused-ring (bicyclic) bond motifs is 1. The fourth-order valence-electron chi connectivity index (χ4n) is 4.01. The molecule has 2 aliphatic rings. The molecule has 2 aliphatic heterocycles. The molecular weight excluding hydrogens is 360 g/mol. The maximum absolute atomic E-state index is 13.6. The Morgan fingerprint density at radius 1 is 1.46 bits per heavy atom. The van der Waals surface area contributed by atoms with E-state index in [1.165, 1.54) is 16.0 Å². The van der Waals surface area contributed by atoms with Gasteiger partial charge in [0.2, 0.25) is 0 Å². The van der Waals surface area contributed by atoms with Crippen LogP contribution in [-0.4, -0.2) is 51.1 Å². The number of likely N-dealkylation sites (tertiary alicyclic amines) is 1. The first-order chi connectivity index (χ1) is 12.5. The third kappa shape index (κ3) is 3.20. The van der Waals surface area contributed by atoms with Crippen molar-refractivity contribution in [2.75, 3.05) is 18.4 Å². The van der Waals surface area contributed by atoms with Gasteiger partial charge >= 0.3 is 0 Å². The molecule has 1 unspecified atom stereocenters. The van der Waals surface area contributed by atoms with Gasteiger partial charge in [-0.25, -0.2) is 18.4 Å². The van der Waals surface area contributed by atoms with E-state index in [0.717, 1.165) is 18.5 Å². The fourth-order valence-corrected chi connectivity index (χ4v) is 4.53. The number of rotatable bonds is 3. The van der Waals surface area contributed by atoms with Gasteiger partial charge in [-0.2, -0.15) is 5.10 Å². The molecule has 2 aromatic heterocycles. The van der Waals surface area contributed by atoms with Crippen molar-refractivity contribution < 1.29 is 13.6 Å². The Hall–Kier alpha value is -2.03. The molecule has 9 heteroatoms. The van der Waals surface area contributed by atoms with Gasteiger partial charge in [0.15, 0.2) is 0 Å². The summed E-state index contributed by atoms with van der Waals surface area (Å²) in [5.41, 5.74) is 2.84. The number of aromatic nitrogens is 3. The predicted molar refractivity (Wildman–Crippen MR) is 94.8 cm³/mol. The summed E-state index contributed by atoms with van der Waals surface area (Å²) >= 11 is 1.39. The number of nitrogens with one attached hydrogen (secondary N) is 1. The molecule has 1 N–H and O–H groups in total. The van der Waals surface area contributed by atoms with Crippen LogP contribution < -0.4 is 5.32 Å². The topological polar surface area (TPSA) is 63.1 Å². The smallest absolute Gasteiger partial charge is 0.273 e. The average molecular weight is 381 g/mol. The molecule has 1 fully saturated rings. The lowest BCUT2D eigenvalue weighted by Gasteiger charge is -2.41. The molecule has 4 heterocycles. The monoisotopic (exact) mass is 381 g/mol. The quantitative estimate of drug-likeness (QED) is 0.887. The van der Waals surface area contributed by atoms with Crippen LogP contribution in [0.5, 0.6) is 0 Å². The first kappa shape index (κ1) is 17.4. The van der Waals surface area contributed by atoms with Crippen LogP contribution in [0.25, 0.3) is 0 Å². The molecule has 2 aromatic rings. The number of halogens is 2. The van der Waals surface area contributed by atoms with Crippen molar-refractivity contribution in [2.24, 2.45) is 5.92 Å². The van der Waals surface area contributed by atoms with E-state index in [1.54, 1.807) is 22.7 Å². The molecule has 6 nitrogen and oxygen atoms in total. The standard InChI is InChI=1S/C17H21F2N5OS/c1-10-5-15-21-12(6-14(16(18)19)24(15)22-10)11-3-2-4-23(7-11)17(25)13-8-26-9-20-13/h5,8-9,11-12,14,16,21H,2-4,6-7H2,1H3/t11?,12-,14+/m0/s1. The van der Waals surface area contributed by atoms with E-state index in [-0.39, 0.29) is 17.9 Å². The van der Waals surface area contributed by atoms with Crippen LogP contribution in [0, 0.1) is 12.8 Å². The highest BCUT2D eigenvalue weighted by molar-refractivity contribution is 7.07. The molecule has 0 radical (unpaired) electrons. The van der Waals surface area contributed by atoms with Crippen LogP contribution in [0.1, 0.15) is 41.5 Å². The van der Waals surface area contributed by atoms with Crippen LogP contribution in [-0.2, 0) is 0 Å². The zero-order chi connectivity index (χ0) is 18.3. The maximum atomic E-state index is 13.6. The van der Waals surface area contributed by atoms with Crippen LogP contribution in [0.4, 0.5) is 14.6 Å². The molecule has 0 aromatic carbocycles. The van der Waals surface area contributed by atoms with E-state index in [0.29, 0.717) is 31.0 Å². The van der Waals surface area contributed by atoms with Crippen molar-refractivity contribution in [1.29, 1.82) is 0 Å². The third-order valence-corrected chi connectivity index (χ3v) is 5.84. The maximum Gasteiger partial charge on any atom is 0.273 e. The van der Waals surface area contributed by atoms with E-state index >= 15 is 0 Å². The average Bonchev–Trinajstić information content (AvgIpc) is 3.28. The Kier molecular flexibility index (Phi) is 4.64. The summed E-state index contributed by atoms with van der Waals surface area (Å²) in [7, 11) is 0. The van der Waals surface area contributed by atoms with Crippen molar-refractivity contribution >= 4 is 23.1 Å². The lowest BCUT2D eigenvalue weighted by Crippen LogP contribution is -2.48. The van der Waals surface area contributed by atoms with Crippen LogP contribution in [0.3, 0.4) is 0 Å². The summed E-state index contributed by atoms with van der Waals surface area (Å²) in [5.74, 6) is 0.710. The largest absolute Gasteiger partial charge is 0.367 e. The molecule has 3 atom stereocenters. The second kappa shape index (κ2) is 6.94. The zero-order valence-electron chi connectivity index (χ0n) is 14.4. The van der Waals surface area contributed by atoms with Gasteiger partial charge in [-0.15, -0.1) is 11.3 Å². The summed E-state index contributed by atoms with van der Waals surface area (Å²) in [6.07, 6.45) is -0.360. The van der Waals surface area contributed by atoms with Gasteiger partial charge in [0.05, 0.1) is 11.2 Å². The van der Waals surface area contributed by atoms with Crippen molar-refractivity contribution in [1.82, 2.24) is 19.7 Å². The minimum Gasteiger partial charge on any atom is -0.367 e. The number of carbonyl (C=O) groups is 1. The van der Waals surface area contributed by atoms with Gasteiger partial charge in [-0.3, -0.25) is 4.79 Å². The lowest BCUT2D eigenvalue weighted by molar-refractivity contribution is 0.0503. The van der Waals surface area contributed by atoms with Crippen molar-refractivity contribution in [2.45, 2.75) is 44.7 Å². The molecule has 4 rings (SSSR count). The highest BCUT2D eigenvalue weighted by Gasteiger charge is 2.38.